The number of nitriles is 1. The zero-order valence-corrected chi connectivity index (χ0v) is 13.0. The van der Waals surface area contributed by atoms with Gasteiger partial charge in [0.1, 0.15) is 11.8 Å². The van der Waals surface area contributed by atoms with Crippen molar-refractivity contribution in [1.82, 2.24) is 0 Å². The second-order valence-electron chi connectivity index (χ2n) is 4.53. The van der Waals surface area contributed by atoms with E-state index in [4.69, 9.17) is 33.2 Å². The van der Waals surface area contributed by atoms with Gasteiger partial charge in [0.25, 0.3) is 0 Å². The van der Waals surface area contributed by atoms with Crippen LogP contribution in [0.15, 0.2) is 36.4 Å². The average Bonchev–Trinajstić information content (AvgIpc) is 2.48. The molecule has 3 nitrogen and oxygen atoms in total. The van der Waals surface area contributed by atoms with Crippen LogP contribution in [0.4, 0.5) is 5.69 Å². The molecule has 108 valence electrons. The lowest BCUT2D eigenvalue weighted by atomic mass is 10.2. The number of nitrogens with zero attached hydrogens (tertiary/aromatic N) is 1. The summed E-state index contributed by atoms with van der Waals surface area (Å²) in [6, 6.07) is 13.1. The lowest BCUT2D eigenvalue weighted by molar-refractivity contribution is 0.368. The van der Waals surface area contributed by atoms with E-state index in [-0.39, 0.29) is 6.61 Å². The van der Waals surface area contributed by atoms with Crippen LogP contribution in [0.2, 0.25) is 10.0 Å². The minimum Gasteiger partial charge on any atom is -0.479 e. The molecule has 0 atom stereocenters. The van der Waals surface area contributed by atoms with Crippen LogP contribution in [0.1, 0.15) is 11.1 Å². The lowest BCUT2D eigenvalue weighted by Gasteiger charge is -2.11. The zero-order chi connectivity index (χ0) is 15.2. The maximum absolute atomic E-state index is 8.45. The van der Waals surface area contributed by atoms with Crippen molar-refractivity contribution in [1.29, 1.82) is 5.26 Å². The smallest absolute Gasteiger partial charge is 0.174 e. The van der Waals surface area contributed by atoms with Gasteiger partial charge < -0.3 is 10.1 Å². The predicted octanol–water partition coefficient (Wildman–Crippen LogP) is 4.82. The summed E-state index contributed by atoms with van der Waals surface area (Å²) in [5.41, 5.74) is 2.83. The summed E-state index contributed by atoms with van der Waals surface area (Å²) in [7, 11) is 0. The first-order valence-corrected chi connectivity index (χ1v) is 7.14. The van der Waals surface area contributed by atoms with Gasteiger partial charge in [-0.25, -0.2) is 0 Å². The summed E-state index contributed by atoms with van der Waals surface area (Å²) in [6.45, 7) is 2.59. The standard InChI is InChI=1S/C16H14Cl2N2O/c1-11-8-15(18)16(9-14(11)17)20-10-12-2-4-13(5-3-12)21-7-6-19/h2-5,8-9,20H,7,10H2,1H3. The fraction of sp³-hybridized carbons (Fsp3) is 0.188. The molecule has 0 radical (unpaired) electrons. The molecule has 5 heteroatoms. The van der Waals surface area contributed by atoms with Crippen LogP contribution in [-0.4, -0.2) is 6.61 Å². The molecule has 0 aliphatic rings. The number of hydrogen-bond donors (Lipinski definition) is 1. The first-order valence-electron chi connectivity index (χ1n) is 6.38. The van der Waals surface area contributed by atoms with Gasteiger partial charge in [0.15, 0.2) is 6.61 Å². The molecule has 0 saturated heterocycles. The molecular weight excluding hydrogens is 307 g/mol. The molecule has 0 heterocycles. The predicted molar refractivity (Wildman–Crippen MR) is 86.1 cm³/mol. The van der Waals surface area contributed by atoms with Gasteiger partial charge in [0.05, 0.1) is 10.7 Å². The highest BCUT2D eigenvalue weighted by atomic mass is 35.5. The Hall–Kier alpha value is -1.89. The largest absolute Gasteiger partial charge is 0.479 e. The van der Waals surface area contributed by atoms with Crippen molar-refractivity contribution in [3.05, 3.63) is 57.6 Å². The molecular formula is C16H14Cl2N2O. The first-order chi connectivity index (χ1) is 10.1. The number of rotatable bonds is 5. The summed E-state index contributed by atoms with van der Waals surface area (Å²) >= 11 is 12.3. The van der Waals surface area contributed by atoms with E-state index in [0.29, 0.717) is 22.3 Å². The topological polar surface area (TPSA) is 45.0 Å². The SMILES string of the molecule is Cc1cc(Cl)c(NCc2ccc(OCC#N)cc2)cc1Cl. The second kappa shape index (κ2) is 7.21. The van der Waals surface area contributed by atoms with Crippen molar-refractivity contribution >= 4 is 28.9 Å². The van der Waals surface area contributed by atoms with Gasteiger partial charge >= 0.3 is 0 Å². The normalized spacial score (nSPS) is 10.0. The quantitative estimate of drug-likeness (QED) is 0.859. The minimum absolute atomic E-state index is 0.0507. The van der Waals surface area contributed by atoms with E-state index in [1.165, 1.54) is 0 Å². The van der Waals surface area contributed by atoms with Crippen LogP contribution in [0, 0.1) is 18.3 Å². The Morgan fingerprint density at radius 2 is 1.86 bits per heavy atom. The summed E-state index contributed by atoms with van der Waals surface area (Å²) in [4.78, 5) is 0. The van der Waals surface area contributed by atoms with E-state index in [1.807, 2.05) is 49.4 Å². The number of ether oxygens (including phenoxy) is 1. The fourth-order valence-corrected chi connectivity index (χ4v) is 2.25. The molecule has 2 aromatic rings. The minimum atomic E-state index is 0.0507. The summed E-state index contributed by atoms with van der Waals surface area (Å²) in [5, 5.41) is 13.0. The summed E-state index contributed by atoms with van der Waals surface area (Å²) in [5.74, 6) is 0.678. The fourth-order valence-electron chi connectivity index (χ4n) is 1.80. The van der Waals surface area contributed by atoms with Gasteiger partial charge in [-0.05, 0) is 42.3 Å². The number of anilines is 1. The first kappa shape index (κ1) is 15.5. The molecule has 2 rings (SSSR count). The highest BCUT2D eigenvalue weighted by Crippen LogP contribution is 2.29. The summed E-state index contributed by atoms with van der Waals surface area (Å²) in [6.07, 6.45) is 0. The molecule has 0 bridgehead atoms. The maximum atomic E-state index is 8.45. The van der Waals surface area contributed by atoms with E-state index in [9.17, 15) is 0 Å². The van der Waals surface area contributed by atoms with Crippen molar-refractivity contribution in [2.24, 2.45) is 0 Å². The van der Waals surface area contributed by atoms with E-state index in [0.717, 1.165) is 16.8 Å². The Kier molecular flexibility index (Phi) is 5.32. The maximum Gasteiger partial charge on any atom is 0.174 e. The highest BCUT2D eigenvalue weighted by Gasteiger charge is 2.04. The molecule has 0 unspecified atom stereocenters. The van der Waals surface area contributed by atoms with Crippen LogP contribution in [0.3, 0.4) is 0 Å². The number of hydrogen-bond acceptors (Lipinski definition) is 3. The second-order valence-corrected chi connectivity index (χ2v) is 5.34. The Morgan fingerprint density at radius 1 is 1.14 bits per heavy atom. The molecule has 0 saturated carbocycles. The van der Waals surface area contributed by atoms with Crippen molar-refractivity contribution in [3.63, 3.8) is 0 Å². The lowest BCUT2D eigenvalue weighted by Crippen LogP contribution is -2.01. The van der Waals surface area contributed by atoms with Gasteiger partial charge in [0, 0.05) is 11.6 Å². The van der Waals surface area contributed by atoms with Crippen molar-refractivity contribution in [2.75, 3.05) is 11.9 Å². The zero-order valence-electron chi connectivity index (χ0n) is 11.5. The third-order valence-electron chi connectivity index (χ3n) is 2.96. The highest BCUT2D eigenvalue weighted by molar-refractivity contribution is 6.35. The molecule has 0 spiro atoms. The number of halogens is 2. The van der Waals surface area contributed by atoms with E-state index >= 15 is 0 Å². The third kappa shape index (κ3) is 4.29. The molecule has 0 amide bonds. The average molecular weight is 321 g/mol. The van der Waals surface area contributed by atoms with Crippen molar-refractivity contribution < 1.29 is 4.74 Å². The van der Waals surface area contributed by atoms with Gasteiger partial charge in [-0.1, -0.05) is 35.3 Å². The monoisotopic (exact) mass is 320 g/mol. The van der Waals surface area contributed by atoms with E-state index < -0.39 is 0 Å². The number of benzene rings is 2. The van der Waals surface area contributed by atoms with Gasteiger partial charge in [-0.3, -0.25) is 0 Å². The van der Waals surface area contributed by atoms with Gasteiger partial charge in [-0.2, -0.15) is 5.26 Å². The molecule has 0 aliphatic heterocycles. The molecule has 0 fully saturated rings. The van der Waals surface area contributed by atoms with Crippen molar-refractivity contribution in [3.8, 4) is 11.8 Å². The van der Waals surface area contributed by atoms with Crippen LogP contribution in [0.25, 0.3) is 0 Å². The Labute approximate surface area is 134 Å². The van der Waals surface area contributed by atoms with Crippen LogP contribution >= 0.6 is 23.2 Å². The van der Waals surface area contributed by atoms with Crippen molar-refractivity contribution in [2.45, 2.75) is 13.5 Å². The summed E-state index contributed by atoms with van der Waals surface area (Å²) < 4.78 is 5.20. The van der Waals surface area contributed by atoms with Crippen LogP contribution < -0.4 is 10.1 Å². The molecule has 0 aliphatic carbocycles. The van der Waals surface area contributed by atoms with Crippen LogP contribution in [0.5, 0.6) is 5.75 Å². The number of aryl methyl sites for hydroxylation is 1. The Bertz CT molecular complexity index is 663. The molecule has 21 heavy (non-hydrogen) atoms. The van der Waals surface area contributed by atoms with E-state index in [2.05, 4.69) is 5.32 Å². The Morgan fingerprint density at radius 3 is 2.52 bits per heavy atom. The Balaban J connectivity index is 2.00. The van der Waals surface area contributed by atoms with Gasteiger partial charge in [0.2, 0.25) is 0 Å². The van der Waals surface area contributed by atoms with E-state index in [1.54, 1.807) is 0 Å². The number of nitrogens with one attached hydrogen (secondary N) is 1. The molecule has 2 aromatic carbocycles. The van der Waals surface area contributed by atoms with Crippen LogP contribution in [-0.2, 0) is 6.54 Å². The molecule has 0 aromatic heterocycles. The molecule has 1 N–H and O–H groups in total. The van der Waals surface area contributed by atoms with Gasteiger partial charge in [-0.15, -0.1) is 0 Å². The third-order valence-corrected chi connectivity index (χ3v) is 3.68.